The highest BCUT2D eigenvalue weighted by Crippen LogP contribution is 2.63. The first-order valence-corrected chi connectivity index (χ1v) is 6.32. The predicted molar refractivity (Wildman–Crippen MR) is 65.1 cm³/mol. The maximum Gasteiger partial charge on any atom is 0.233 e. The third-order valence-corrected chi connectivity index (χ3v) is 4.76. The fraction of sp³-hybridized carbons (Fsp3) is 0.833. The zero-order chi connectivity index (χ0) is 12.3. The number of carbonyl (C=O) groups excluding carboxylic acids is 2. The number of hydrogen-bond donors (Lipinski definition) is 1. The molecule has 1 aliphatic carbocycles. The quantitative estimate of drug-likeness (QED) is 0.602. The second-order valence-electron chi connectivity index (χ2n) is 6.36. The summed E-state index contributed by atoms with van der Waals surface area (Å²) in [6, 6.07) is 0. The maximum absolute atomic E-state index is 12.0. The third kappa shape index (κ3) is 1.50. The van der Waals surface area contributed by atoms with Gasteiger partial charge in [-0.2, -0.15) is 12.6 Å². The highest BCUT2D eigenvalue weighted by Gasteiger charge is 2.72. The molecule has 3 nitrogen and oxygen atoms in total. The van der Waals surface area contributed by atoms with Crippen molar-refractivity contribution in [1.29, 1.82) is 0 Å². The Bertz CT molecular complexity index is 338. The molecule has 4 heteroatoms. The number of rotatable bonds is 3. The van der Waals surface area contributed by atoms with E-state index in [2.05, 4.69) is 12.6 Å². The average molecular weight is 241 g/mol. The number of thiol groups is 1. The van der Waals surface area contributed by atoms with Crippen molar-refractivity contribution in [2.24, 2.45) is 22.7 Å². The number of likely N-dealkylation sites (tertiary alicyclic amines) is 1. The van der Waals surface area contributed by atoms with Gasteiger partial charge in [0.25, 0.3) is 0 Å². The lowest BCUT2D eigenvalue weighted by Crippen LogP contribution is -2.42. The van der Waals surface area contributed by atoms with Crippen LogP contribution in [-0.2, 0) is 9.59 Å². The number of nitrogens with zero attached hydrogens (tertiary/aromatic N) is 1. The Hall–Kier alpha value is -0.510. The van der Waals surface area contributed by atoms with Crippen LogP contribution in [0.2, 0.25) is 0 Å². The average Bonchev–Trinajstić information content (AvgIpc) is 2.65. The molecular weight excluding hydrogens is 222 g/mol. The van der Waals surface area contributed by atoms with Gasteiger partial charge < -0.3 is 0 Å². The Morgan fingerprint density at radius 2 is 1.69 bits per heavy atom. The monoisotopic (exact) mass is 241 g/mol. The van der Waals surface area contributed by atoms with Crippen LogP contribution >= 0.6 is 12.6 Å². The van der Waals surface area contributed by atoms with Gasteiger partial charge in [-0.15, -0.1) is 0 Å². The van der Waals surface area contributed by atoms with E-state index < -0.39 is 0 Å². The first kappa shape index (κ1) is 12.0. The van der Waals surface area contributed by atoms with Gasteiger partial charge in [0.1, 0.15) is 0 Å². The van der Waals surface area contributed by atoms with E-state index in [1.54, 1.807) is 0 Å². The molecule has 90 valence electrons. The molecular formula is C12H19NO2S. The molecule has 2 amide bonds. The standard InChI is InChI=1S/C12H19NO2S/c1-11(2,6-16)5-13-9(14)7-8(10(13)15)12(7,3)4/h7-8,16H,5-6H2,1-4H3. The number of amides is 2. The predicted octanol–water partition coefficient (Wildman–Crippen LogP) is 1.58. The molecule has 16 heavy (non-hydrogen) atoms. The summed E-state index contributed by atoms with van der Waals surface area (Å²) in [5.41, 5.74) is -0.203. The summed E-state index contributed by atoms with van der Waals surface area (Å²) in [6.45, 7) is 8.54. The highest BCUT2D eigenvalue weighted by molar-refractivity contribution is 7.80. The SMILES string of the molecule is CC(C)(CS)CN1C(=O)C2C(C1=O)C2(C)C. The molecule has 1 aliphatic heterocycles. The van der Waals surface area contributed by atoms with Crippen molar-refractivity contribution >= 4 is 24.4 Å². The summed E-state index contributed by atoms with van der Waals surface area (Å²) in [5.74, 6) is 0.596. The molecule has 1 saturated carbocycles. The molecule has 0 N–H and O–H groups in total. The van der Waals surface area contributed by atoms with Crippen molar-refractivity contribution < 1.29 is 9.59 Å². The summed E-state index contributed by atoms with van der Waals surface area (Å²) in [5, 5.41) is 0. The van der Waals surface area contributed by atoms with Gasteiger partial charge in [0.15, 0.2) is 0 Å². The van der Waals surface area contributed by atoms with Crippen LogP contribution in [0.4, 0.5) is 0 Å². The van der Waals surface area contributed by atoms with E-state index in [9.17, 15) is 9.59 Å². The Labute approximate surface area is 102 Å². The molecule has 1 saturated heterocycles. The molecule has 0 radical (unpaired) electrons. The van der Waals surface area contributed by atoms with Gasteiger partial charge in [0.05, 0.1) is 11.8 Å². The Kier molecular flexibility index (Phi) is 2.43. The Morgan fingerprint density at radius 1 is 1.25 bits per heavy atom. The van der Waals surface area contributed by atoms with Crippen molar-refractivity contribution in [3.05, 3.63) is 0 Å². The van der Waals surface area contributed by atoms with Crippen LogP contribution in [0, 0.1) is 22.7 Å². The van der Waals surface area contributed by atoms with E-state index in [0.717, 1.165) is 0 Å². The van der Waals surface area contributed by atoms with Crippen LogP contribution in [0.25, 0.3) is 0 Å². The fourth-order valence-electron chi connectivity index (χ4n) is 2.64. The van der Waals surface area contributed by atoms with Crippen molar-refractivity contribution in [2.45, 2.75) is 27.7 Å². The smallest absolute Gasteiger partial charge is 0.233 e. The topological polar surface area (TPSA) is 37.4 Å². The zero-order valence-corrected chi connectivity index (χ0v) is 11.2. The molecule has 0 spiro atoms. The van der Waals surface area contributed by atoms with E-state index in [1.807, 2.05) is 27.7 Å². The molecule has 2 atom stereocenters. The van der Waals surface area contributed by atoms with Crippen LogP contribution in [0.5, 0.6) is 0 Å². The Balaban J connectivity index is 2.12. The Morgan fingerprint density at radius 3 is 2.06 bits per heavy atom. The number of imide groups is 1. The second kappa shape index (κ2) is 3.25. The lowest BCUT2D eigenvalue weighted by atomic mass is 9.94. The fourth-order valence-corrected chi connectivity index (χ4v) is 2.74. The van der Waals surface area contributed by atoms with Crippen LogP contribution in [0.3, 0.4) is 0 Å². The minimum atomic E-state index is -0.102. The van der Waals surface area contributed by atoms with Crippen molar-refractivity contribution in [2.75, 3.05) is 12.3 Å². The lowest BCUT2D eigenvalue weighted by molar-refractivity contribution is -0.144. The van der Waals surface area contributed by atoms with E-state index in [0.29, 0.717) is 12.3 Å². The molecule has 0 aromatic carbocycles. The lowest BCUT2D eigenvalue weighted by Gasteiger charge is -2.29. The highest BCUT2D eigenvalue weighted by atomic mass is 32.1. The van der Waals surface area contributed by atoms with Crippen molar-refractivity contribution in [1.82, 2.24) is 4.90 Å². The van der Waals surface area contributed by atoms with Gasteiger partial charge in [-0.25, -0.2) is 0 Å². The molecule has 2 rings (SSSR count). The number of carbonyl (C=O) groups is 2. The van der Waals surface area contributed by atoms with E-state index >= 15 is 0 Å². The number of piperidine rings is 1. The largest absolute Gasteiger partial charge is 0.282 e. The summed E-state index contributed by atoms with van der Waals surface area (Å²) >= 11 is 4.25. The van der Waals surface area contributed by atoms with Gasteiger partial charge in [0, 0.05) is 6.54 Å². The number of hydrogen-bond acceptors (Lipinski definition) is 3. The van der Waals surface area contributed by atoms with Crippen LogP contribution in [0.1, 0.15) is 27.7 Å². The van der Waals surface area contributed by atoms with Gasteiger partial charge in [-0.1, -0.05) is 27.7 Å². The zero-order valence-electron chi connectivity index (χ0n) is 10.3. The molecule has 1 heterocycles. The second-order valence-corrected chi connectivity index (χ2v) is 6.68. The van der Waals surface area contributed by atoms with Crippen LogP contribution in [-0.4, -0.2) is 29.0 Å². The molecule has 0 aromatic rings. The summed E-state index contributed by atoms with van der Waals surface area (Å²) < 4.78 is 0. The number of fused-ring (bicyclic) bond motifs is 1. The first-order valence-electron chi connectivity index (χ1n) is 5.68. The van der Waals surface area contributed by atoms with Crippen LogP contribution < -0.4 is 0 Å². The normalized spacial score (nSPS) is 31.9. The summed E-state index contributed by atoms with van der Waals surface area (Å²) in [6.07, 6.45) is 0. The molecule has 0 bridgehead atoms. The first-order chi connectivity index (χ1) is 7.22. The summed E-state index contributed by atoms with van der Waals surface area (Å²) in [7, 11) is 0. The van der Waals surface area contributed by atoms with Gasteiger partial charge >= 0.3 is 0 Å². The van der Waals surface area contributed by atoms with Crippen molar-refractivity contribution in [3.63, 3.8) is 0 Å². The molecule has 2 aliphatic rings. The van der Waals surface area contributed by atoms with Gasteiger partial charge in [0.2, 0.25) is 11.8 Å². The van der Waals surface area contributed by atoms with Crippen molar-refractivity contribution in [3.8, 4) is 0 Å². The maximum atomic E-state index is 12.0. The van der Waals surface area contributed by atoms with E-state index in [1.165, 1.54) is 4.90 Å². The molecule has 0 aromatic heterocycles. The minimum absolute atomic E-state index is 0.0230. The minimum Gasteiger partial charge on any atom is -0.282 e. The van der Waals surface area contributed by atoms with Crippen LogP contribution in [0.15, 0.2) is 0 Å². The molecule has 2 fully saturated rings. The molecule has 2 unspecified atom stereocenters. The van der Waals surface area contributed by atoms with E-state index in [-0.39, 0.29) is 34.5 Å². The third-order valence-electron chi connectivity index (χ3n) is 3.91. The van der Waals surface area contributed by atoms with Gasteiger partial charge in [-0.3, -0.25) is 14.5 Å². The van der Waals surface area contributed by atoms with Gasteiger partial charge in [-0.05, 0) is 16.6 Å². The van der Waals surface area contributed by atoms with E-state index in [4.69, 9.17) is 0 Å². The summed E-state index contributed by atoms with van der Waals surface area (Å²) in [4.78, 5) is 25.5.